The van der Waals surface area contributed by atoms with Crippen molar-refractivity contribution in [2.75, 3.05) is 45.3 Å². The van der Waals surface area contributed by atoms with Crippen molar-refractivity contribution in [1.82, 2.24) is 20.2 Å². The van der Waals surface area contributed by atoms with Gasteiger partial charge in [0.15, 0.2) is 0 Å². The number of allylic oxidation sites excluding steroid dienone is 3. The summed E-state index contributed by atoms with van der Waals surface area (Å²) in [5.74, 6) is 0.430. The number of carbonyl (C=O) groups excluding carboxylic acids is 1. The third-order valence-electron chi connectivity index (χ3n) is 8.94. The van der Waals surface area contributed by atoms with Gasteiger partial charge in [-0.25, -0.2) is 9.97 Å². The van der Waals surface area contributed by atoms with Crippen molar-refractivity contribution in [1.29, 1.82) is 0 Å². The summed E-state index contributed by atoms with van der Waals surface area (Å²) >= 11 is 0. The molecule has 0 aromatic carbocycles. The number of nitrogens with zero attached hydrogens (tertiary/aromatic N) is 3. The van der Waals surface area contributed by atoms with Gasteiger partial charge in [0, 0.05) is 56.9 Å². The molecule has 12 heteroatoms. The monoisotopic (exact) mass is 593 g/mol. The Morgan fingerprint density at radius 2 is 1.98 bits per heavy atom. The lowest BCUT2D eigenvalue weighted by Crippen LogP contribution is -2.54. The molecule has 1 aromatic rings. The summed E-state index contributed by atoms with van der Waals surface area (Å²) in [6.45, 7) is 4.97. The molecule has 3 fully saturated rings. The number of nitrogens with one attached hydrogen (secondary N) is 2. The lowest BCUT2D eigenvalue weighted by molar-refractivity contribution is -0.0899. The summed E-state index contributed by atoms with van der Waals surface area (Å²) in [5, 5.41) is 7.05. The number of hydrogen-bond donors (Lipinski definition) is 2. The smallest absolute Gasteiger partial charge is 0.379 e. The van der Waals surface area contributed by atoms with Crippen molar-refractivity contribution >= 4 is 11.7 Å². The summed E-state index contributed by atoms with van der Waals surface area (Å²) in [5.41, 5.74) is 0.499. The molecule has 0 spiro atoms. The molecule has 1 unspecified atom stereocenters. The van der Waals surface area contributed by atoms with Crippen molar-refractivity contribution in [3.63, 3.8) is 0 Å². The lowest BCUT2D eigenvalue weighted by Gasteiger charge is -2.38. The standard InChI is InChI=1S/C30H42F3N5O4/c1-19-27(29(39)38-13-10-22(11-14-38)37-24-12-15-41-17-26(24)40-2)35-18-36-28(19)34-16-23-4-3-5-25(42-23)20-6-8-21(9-7-20)30(31,32)33/h6,8-9,18,20,22-26,37H,3-5,7,10-17H2,1-2H3,(H,34,35,36)/t20?,23-,24-,25+,26+/m1/s1. The molecular formula is C30H42F3N5O4. The zero-order valence-electron chi connectivity index (χ0n) is 24.4. The Kier molecular flexibility index (Phi) is 10.2. The highest BCUT2D eigenvalue weighted by molar-refractivity contribution is 5.94. The number of aromatic nitrogens is 2. The molecule has 232 valence electrons. The minimum Gasteiger partial charge on any atom is -0.379 e. The lowest BCUT2D eigenvalue weighted by atomic mass is 9.87. The summed E-state index contributed by atoms with van der Waals surface area (Å²) in [6.07, 6.45) is 6.55. The molecule has 4 heterocycles. The van der Waals surface area contributed by atoms with E-state index >= 15 is 0 Å². The van der Waals surface area contributed by atoms with Gasteiger partial charge in [-0.1, -0.05) is 18.2 Å². The fourth-order valence-electron chi connectivity index (χ4n) is 6.41. The van der Waals surface area contributed by atoms with E-state index in [-0.39, 0.29) is 36.2 Å². The van der Waals surface area contributed by atoms with E-state index in [0.717, 1.165) is 45.1 Å². The largest absolute Gasteiger partial charge is 0.416 e. The SMILES string of the molecule is CO[C@H]1COCC[C@H]1NC1CCN(C(=O)c2ncnc(NC[C@H]3CCC[C@@H](C4C=CC(C(F)(F)F)=CC4)O3)c2C)CC1. The average molecular weight is 594 g/mol. The van der Waals surface area contributed by atoms with E-state index in [1.807, 2.05) is 11.8 Å². The van der Waals surface area contributed by atoms with Gasteiger partial charge in [0.1, 0.15) is 17.8 Å². The zero-order chi connectivity index (χ0) is 29.7. The van der Waals surface area contributed by atoms with Gasteiger partial charge in [-0.05, 0) is 51.9 Å². The Morgan fingerprint density at radius 3 is 2.69 bits per heavy atom. The first-order valence-electron chi connectivity index (χ1n) is 15.0. The fraction of sp³-hybridized carbons (Fsp3) is 0.700. The average Bonchev–Trinajstić information content (AvgIpc) is 3.01. The molecule has 1 aromatic heterocycles. The Bertz CT molecular complexity index is 1140. The first kappa shape index (κ1) is 30.9. The Labute approximate surface area is 245 Å². The van der Waals surface area contributed by atoms with Crippen LogP contribution in [-0.4, -0.2) is 97.3 Å². The van der Waals surface area contributed by atoms with Crippen LogP contribution in [0.15, 0.2) is 30.1 Å². The predicted octanol–water partition coefficient (Wildman–Crippen LogP) is 4.20. The molecule has 3 saturated heterocycles. The van der Waals surface area contributed by atoms with E-state index in [1.54, 1.807) is 13.2 Å². The van der Waals surface area contributed by atoms with Crippen LogP contribution in [0.4, 0.5) is 19.0 Å². The van der Waals surface area contributed by atoms with Gasteiger partial charge in [-0.2, -0.15) is 13.2 Å². The van der Waals surface area contributed by atoms with Crippen molar-refractivity contribution in [3.8, 4) is 0 Å². The van der Waals surface area contributed by atoms with Crippen LogP contribution in [-0.2, 0) is 14.2 Å². The molecule has 0 radical (unpaired) electrons. The second-order valence-corrected chi connectivity index (χ2v) is 11.7. The van der Waals surface area contributed by atoms with Crippen molar-refractivity contribution in [2.24, 2.45) is 5.92 Å². The van der Waals surface area contributed by atoms with Gasteiger partial charge in [-0.15, -0.1) is 0 Å². The Morgan fingerprint density at radius 1 is 1.17 bits per heavy atom. The maximum Gasteiger partial charge on any atom is 0.416 e. The maximum absolute atomic E-state index is 13.4. The van der Waals surface area contributed by atoms with Crippen LogP contribution in [0.5, 0.6) is 0 Å². The number of carbonyl (C=O) groups is 1. The van der Waals surface area contributed by atoms with Gasteiger partial charge < -0.3 is 29.7 Å². The minimum absolute atomic E-state index is 0.0469. The number of ether oxygens (including phenoxy) is 3. The quantitative estimate of drug-likeness (QED) is 0.463. The third-order valence-corrected chi connectivity index (χ3v) is 8.94. The summed E-state index contributed by atoms with van der Waals surface area (Å²) < 4.78 is 56.3. The second kappa shape index (κ2) is 13.8. The molecular weight excluding hydrogens is 551 g/mol. The molecule has 1 aliphatic carbocycles. The fourth-order valence-corrected chi connectivity index (χ4v) is 6.41. The topological polar surface area (TPSA) is 97.8 Å². The van der Waals surface area contributed by atoms with Crippen molar-refractivity contribution < 1.29 is 32.2 Å². The Hall–Kier alpha value is -2.54. The van der Waals surface area contributed by atoms with Gasteiger partial charge in [0.25, 0.3) is 5.91 Å². The molecule has 5 atom stereocenters. The summed E-state index contributed by atoms with van der Waals surface area (Å²) in [6, 6.07) is 0.583. The zero-order valence-corrected chi connectivity index (χ0v) is 24.4. The number of piperidine rings is 1. The number of hydrogen-bond acceptors (Lipinski definition) is 8. The Balaban J connectivity index is 1.11. The van der Waals surface area contributed by atoms with Crippen molar-refractivity contribution in [3.05, 3.63) is 41.4 Å². The number of halogens is 3. The van der Waals surface area contributed by atoms with E-state index in [0.29, 0.717) is 55.8 Å². The maximum atomic E-state index is 13.4. The molecule has 4 aliphatic rings. The third kappa shape index (κ3) is 7.50. The van der Waals surface area contributed by atoms with E-state index in [4.69, 9.17) is 14.2 Å². The highest BCUT2D eigenvalue weighted by atomic mass is 19.4. The molecule has 0 bridgehead atoms. The number of rotatable bonds is 8. The van der Waals surface area contributed by atoms with Gasteiger partial charge in [0.2, 0.25) is 0 Å². The number of amides is 1. The number of methoxy groups -OCH3 is 1. The highest BCUT2D eigenvalue weighted by Gasteiger charge is 2.36. The van der Waals surface area contributed by atoms with Gasteiger partial charge in [0.05, 0.1) is 30.5 Å². The van der Waals surface area contributed by atoms with E-state index in [2.05, 4.69) is 20.6 Å². The van der Waals surface area contributed by atoms with E-state index in [9.17, 15) is 18.0 Å². The van der Waals surface area contributed by atoms with Crippen LogP contribution in [0.3, 0.4) is 0 Å². The summed E-state index contributed by atoms with van der Waals surface area (Å²) in [7, 11) is 1.72. The molecule has 1 amide bonds. The van der Waals surface area contributed by atoms with E-state index in [1.165, 1.54) is 18.5 Å². The van der Waals surface area contributed by atoms with Crippen LogP contribution in [0.25, 0.3) is 0 Å². The highest BCUT2D eigenvalue weighted by Crippen LogP contribution is 2.35. The van der Waals surface area contributed by atoms with Crippen molar-refractivity contribution in [2.45, 2.75) is 88.4 Å². The predicted molar refractivity (Wildman–Crippen MR) is 151 cm³/mol. The normalized spacial score (nSPS) is 29.3. The van der Waals surface area contributed by atoms with E-state index < -0.39 is 11.7 Å². The number of likely N-dealkylation sites (tertiary alicyclic amines) is 1. The molecule has 2 N–H and O–H groups in total. The number of alkyl halides is 3. The minimum atomic E-state index is -4.32. The first-order valence-corrected chi connectivity index (χ1v) is 15.0. The number of anilines is 1. The molecule has 3 aliphatic heterocycles. The second-order valence-electron chi connectivity index (χ2n) is 11.7. The molecule has 0 saturated carbocycles. The van der Waals surface area contributed by atoms with Crippen LogP contribution in [0, 0.1) is 12.8 Å². The molecule has 5 rings (SSSR count). The molecule has 9 nitrogen and oxygen atoms in total. The van der Waals surface area contributed by atoms with Gasteiger partial charge in [-0.3, -0.25) is 4.79 Å². The van der Waals surface area contributed by atoms with Crippen LogP contribution >= 0.6 is 0 Å². The summed E-state index contributed by atoms with van der Waals surface area (Å²) in [4.78, 5) is 24.0. The van der Waals surface area contributed by atoms with Crippen LogP contribution in [0.2, 0.25) is 0 Å². The molecule has 42 heavy (non-hydrogen) atoms. The van der Waals surface area contributed by atoms with Gasteiger partial charge >= 0.3 is 6.18 Å². The van der Waals surface area contributed by atoms with Crippen LogP contribution < -0.4 is 10.6 Å². The van der Waals surface area contributed by atoms with Crippen LogP contribution in [0.1, 0.15) is 61.0 Å². The first-order chi connectivity index (χ1) is 20.2.